The molecule has 0 bridgehead atoms. The summed E-state index contributed by atoms with van der Waals surface area (Å²) in [6, 6.07) is 10.4. The van der Waals surface area contributed by atoms with Gasteiger partial charge >= 0.3 is 0 Å². The molecular formula is C23H28N2O3S. The number of carbonyl (C=O) groups is 1. The summed E-state index contributed by atoms with van der Waals surface area (Å²) >= 11 is 0. The summed E-state index contributed by atoms with van der Waals surface area (Å²) < 4.78 is 28.3. The van der Waals surface area contributed by atoms with Crippen molar-refractivity contribution >= 4 is 27.2 Å². The van der Waals surface area contributed by atoms with Gasteiger partial charge in [0, 0.05) is 29.4 Å². The van der Waals surface area contributed by atoms with E-state index in [1.165, 1.54) is 25.3 Å². The normalized spacial score (nSPS) is 20.1. The van der Waals surface area contributed by atoms with Gasteiger partial charge in [-0.1, -0.05) is 25.3 Å². The number of benzene rings is 2. The number of rotatable bonds is 4. The first-order valence-electron chi connectivity index (χ1n) is 10.4. The van der Waals surface area contributed by atoms with Crippen molar-refractivity contribution in [3.63, 3.8) is 0 Å². The Hall–Kier alpha value is -2.34. The Balaban J connectivity index is 1.56. The number of ketones is 1. The fourth-order valence-corrected chi connectivity index (χ4v) is 5.52. The molecule has 1 atom stereocenters. The monoisotopic (exact) mass is 412 g/mol. The minimum atomic E-state index is -3.76. The van der Waals surface area contributed by atoms with Gasteiger partial charge in [0.05, 0.1) is 4.90 Å². The molecule has 0 amide bonds. The number of anilines is 2. The summed E-state index contributed by atoms with van der Waals surface area (Å²) in [7, 11) is -3.76. The Morgan fingerprint density at radius 2 is 1.72 bits per heavy atom. The zero-order chi connectivity index (χ0) is 20.6. The molecule has 0 saturated heterocycles. The molecule has 1 aliphatic carbocycles. The van der Waals surface area contributed by atoms with E-state index in [4.69, 9.17) is 0 Å². The second-order valence-electron chi connectivity index (χ2n) is 8.39. The smallest absolute Gasteiger partial charge is 0.261 e. The Kier molecular flexibility index (Phi) is 5.38. The van der Waals surface area contributed by atoms with Gasteiger partial charge in [0.15, 0.2) is 5.78 Å². The standard InChI is InChI=1S/C23H28N2O3S/c1-15-8-9-18(12-16(15)2)25-29(27,28)19-10-11-21-20(13-19)23(26)14-22(24-21)17-6-4-3-5-7-17/h8-13,17,22,24-25H,3-7,14H2,1-2H3. The molecule has 1 aliphatic heterocycles. The highest BCUT2D eigenvalue weighted by molar-refractivity contribution is 7.92. The van der Waals surface area contributed by atoms with Crippen molar-refractivity contribution in [2.75, 3.05) is 10.0 Å². The van der Waals surface area contributed by atoms with Crippen molar-refractivity contribution in [2.24, 2.45) is 5.92 Å². The molecule has 0 spiro atoms. The van der Waals surface area contributed by atoms with Crippen molar-refractivity contribution in [1.29, 1.82) is 0 Å². The van der Waals surface area contributed by atoms with Crippen LogP contribution in [0.5, 0.6) is 0 Å². The Morgan fingerprint density at radius 3 is 2.45 bits per heavy atom. The second-order valence-corrected chi connectivity index (χ2v) is 10.1. The van der Waals surface area contributed by atoms with Gasteiger partial charge in [-0.2, -0.15) is 0 Å². The summed E-state index contributed by atoms with van der Waals surface area (Å²) in [5, 5.41) is 3.50. The minimum Gasteiger partial charge on any atom is -0.381 e. The maximum atomic E-state index is 12.9. The van der Waals surface area contributed by atoms with Crippen LogP contribution >= 0.6 is 0 Å². The van der Waals surface area contributed by atoms with E-state index in [9.17, 15) is 13.2 Å². The molecule has 2 N–H and O–H groups in total. The highest BCUT2D eigenvalue weighted by Crippen LogP contribution is 2.35. The van der Waals surface area contributed by atoms with Gasteiger partial charge in [0.25, 0.3) is 10.0 Å². The zero-order valence-corrected chi connectivity index (χ0v) is 17.8. The van der Waals surface area contributed by atoms with E-state index < -0.39 is 10.0 Å². The van der Waals surface area contributed by atoms with Crippen molar-refractivity contribution in [3.05, 3.63) is 53.1 Å². The topological polar surface area (TPSA) is 75.3 Å². The van der Waals surface area contributed by atoms with Crippen LogP contribution in [0, 0.1) is 19.8 Å². The van der Waals surface area contributed by atoms with Crippen LogP contribution in [0.3, 0.4) is 0 Å². The van der Waals surface area contributed by atoms with Gasteiger partial charge in [0.2, 0.25) is 0 Å². The van der Waals surface area contributed by atoms with E-state index in [0.29, 0.717) is 23.6 Å². The summed E-state index contributed by atoms with van der Waals surface area (Å²) in [6.07, 6.45) is 6.49. The number of sulfonamides is 1. The molecule has 2 aromatic carbocycles. The van der Waals surface area contributed by atoms with E-state index in [-0.39, 0.29) is 16.7 Å². The number of hydrogen-bond acceptors (Lipinski definition) is 4. The van der Waals surface area contributed by atoms with Crippen molar-refractivity contribution in [1.82, 2.24) is 0 Å². The molecule has 1 unspecified atom stereocenters. The zero-order valence-electron chi connectivity index (χ0n) is 17.0. The summed E-state index contributed by atoms with van der Waals surface area (Å²) in [5.74, 6) is 0.549. The number of fused-ring (bicyclic) bond motifs is 1. The average Bonchev–Trinajstić information content (AvgIpc) is 2.71. The van der Waals surface area contributed by atoms with Gasteiger partial charge < -0.3 is 5.32 Å². The lowest BCUT2D eigenvalue weighted by Crippen LogP contribution is -2.36. The van der Waals surface area contributed by atoms with Crippen molar-refractivity contribution in [2.45, 2.75) is 63.3 Å². The van der Waals surface area contributed by atoms with Gasteiger partial charge in [-0.15, -0.1) is 0 Å². The van der Waals surface area contributed by atoms with Crippen LogP contribution in [0.2, 0.25) is 0 Å². The largest absolute Gasteiger partial charge is 0.381 e. The van der Waals surface area contributed by atoms with Gasteiger partial charge in [0.1, 0.15) is 0 Å². The van der Waals surface area contributed by atoms with E-state index in [2.05, 4.69) is 10.0 Å². The van der Waals surface area contributed by atoms with E-state index in [1.54, 1.807) is 18.2 Å². The molecule has 2 aliphatic rings. The molecule has 2 aromatic rings. The van der Waals surface area contributed by atoms with E-state index in [1.807, 2.05) is 26.0 Å². The first-order valence-corrected chi connectivity index (χ1v) is 11.9. The number of carbonyl (C=O) groups excluding carboxylic acids is 1. The van der Waals surface area contributed by atoms with Crippen molar-refractivity contribution < 1.29 is 13.2 Å². The second kappa shape index (κ2) is 7.82. The molecule has 1 heterocycles. The lowest BCUT2D eigenvalue weighted by atomic mass is 9.80. The lowest BCUT2D eigenvalue weighted by molar-refractivity contribution is 0.0957. The van der Waals surface area contributed by atoms with Gasteiger partial charge in [-0.05, 0) is 74.1 Å². The maximum Gasteiger partial charge on any atom is 0.261 e. The lowest BCUT2D eigenvalue weighted by Gasteiger charge is -2.34. The Labute approximate surface area is 173 Å². The third-order valence-corrected chi connectivity index (χ3v) is 7.70. The van der Waals surface area contributed by atoms with E-state index >= 15 is 0 Å². The number of aryl methyl sites for hydroxylation is 2. The summed E-state index contributed by atoms with van der Waals surface area (Å²) in [4.78, 5) is 12.9. The van der Waals surface area contributed by atoms with Crippen molar-refractivity contribution in [3.8, 4) is 0 Å². The predicted molar refractivity (Wildman–Crippen MR) is 116 cm³/mol. The van der Waals surface area contributed by atoms with Crippen LogP contribution in [0.25, 0.3) is 0 Å². The van der Waals surface area contributed by atoms with Crippen LogP contribution in [-0.2, 0) is 10.0 Å². The van der Waals surface area contributed by atoms with Gasteiger partial charge in [-0.3, -0.25) is 9.52 Å². The predicted octanol–water partition coefficient (Wildman–Crippen LogP) is 5.05. The fourth-order valence-electron chi connectivity index (χ4n) is 4.45. The molecule has 6 heteroatoms. The maximum absolute atomic E-state index is 12.9. The molecule has 0 radical (unpaired) electrons. The molecule has 5 nitrogen and oxygen atoms in total. The molecular weight excluding hydrogens is 384 g/mol. The quantitative estimate of drug-likeness (QED) is 0.737. The highest BCUT2D eigenvalue weighted by Gasteiger charge is 2.32. The van der Waals surface area contributed by atoms with Crippen LogP contribution in [-0.4, -0.2) is 20.2 Å². The summed E-state index contributed by atoms with van der Waals surface area (Å²) in [5.41, 5.74) is 3.87. The number of nitrogens with one attached hydrogen (secondary N) is 2. The molecule has 0 aromatic heterocycles. The third-order valence-electron chi connectivity index (χ3n) is 6.33. The SMILES string of the molecule is Cc1ccc(NS(=O)(=O)c2ccc3c(c2)C(=O)CC(C2CCCCC2)N3)cc1C. The number of hydrogen-bond donors (Lipinski definition) is 2. The first kappa shape index (κ1) is 20.0. The fraction of sp³-hybridized carbons (Fsp3) is 0.435. The van der Waals surface area contributed by atoms with Gasteiger partial charge in [-0.25, -0.2) is 8.42 Å². The minimum absolute atomic E-state index is 0.0255. The average molecular weight is 413 g/mol. The molecule has 1 saturated carbocycles. The van der Waals surface area contributed by atoms with Crippen LogP contribution in [0.15, 0.2) is 41.3 Å². The highest BCUT2D eigenvalue weighted by atomic mass is 32.2. The van der Waals surface area contributed by atoms with Crippen LogP contribution in [0.4, 0.5) is 11.4 Å². The van der Waals surface area contributed by atoms with Crippen LogP contribution < -0.4 is 10.0 Å². The van der Waals surface area contributed by atoms with Crippen LogP contribution in [0.1, 0.15) is 60.0 Å². The molecule has 29 heavy (non-hydrogen) atoms. The summed E-state index contributed by atoms with van der Waals surface area (Å²) in [6.45, 7) is 3.93. The number of Topliss-reactive ketones (excluding diaryl/α,β-unsaturated/α-hetero) is 1. The first-order chi connectivity index (χ1) is 13.8. The Bertz CT molecular complexity index is 1040. The van der Waals surface area contributed by atoms with E-state index in [0.717, 1.165) is 29.7 Å². The molecule has 4 rings (SSSR count). The molecule has 1 fully saturated rings. The third kappa shape index (κ3) is 4.17. The molecule has 154 valence electrons. The Morgan fingerprint density at radius 1 is 0.966 bits per heavy atom.